The highest BCUT2D eigenvalue weighted by molar-refractivity contribution is 5.81. The Kier molecular flexibility index (Phi) is 3.26. The van der Waals surface area contributed by atoms with E-state index in [4.69, 9.17) is 4.74 Å². The molecular weight excluding hydrogens is 192 g/mol. The van der Waals surface area contributed by atoms with Crippen LogP contribution in [-0.4, -0.2) is 48.7 Å². The molecule has 2 aliphatic rings. The van der Waals surface area contributed by atoms with E-state index in [1.54, 1.807) is 0 Å². The number of hydrogen-bond donors (Lipinski definition) is 1. The Bertz CT molecular complexity index is 245. The van der Waals surface area contributed by atoms with Gasteiger partial charge < -0.3 is 15.0 Å². The van der Waals surface area contributed by atoms with Gasteiger partial charge in [0.15, 0.2) is 0 Å². The molecule has 0 radical (unpaired) electrons. The summed E-state index contributed by atoms with van der Waals surface area (Å²) >= 11 is 0. The summed E-state index contributed by atoms with van der Waals surface area (Å²) in [7, 11) is 0. The van der Waals surface area contributed by atoms with Gasteiger partial charge in [-0.2, -0.15) is 0 Å². The molecule has 0 spiro atoms. The lowest BCUT2D eigenvalue weighted by Crippen LogP contribution is -2.54. The van der Waals surface area contributed by atoms with Crippen LogP contribution in [0.5, 0.6) is 0 Å². The van der Waals surface area contributed by atoms with E-state index in [0.717, 1.165) is 32.5 Å². The van der Waals surface area contributed by atoms with Crippen LogP contribution in [0.3, 0.4) is 0 Å². The molecule has 0 aromatic rings. The number of carbonyl (C=O) groups is 1. The van der Waals surface area contributed by atoms with Crippen LogP contribution in [0.25, 0.3) is 0 Å². The SMILES string of the molecule is CC1CCC(C(=O)N2CCNCC2C)O1. The Morgan fingerprint density at radius 1 is 1.40 bits per heavy atom. The number of nitrogens with one attached hydrogen (secondary N) is 1. The van der Waals surface area contributed by atoms with Crippen LogP contribution in [0, 0.1) is 0 Å². The molecule has 2 saturated heterocycles. The smallest absolute Gasteiger partial charge is 0.252 e. The van der Waals surface area contributed by atoms with Crippen molar-refractivity contribution in [2.45, 2.75) is 44.9 Å². The molecule has 2 rings (SSSR count). The largest absolute Gasteiger partial charge is 0.365 e. The molecule has 3 atom stereocenters. The highest BCUT2D eigenvalue weighted by atomic mass is 16.5. The summed E-state index contributed by atoms with van der Waals surface area (Å²) < 4.78 is 5.61. The molecule has 4 heteroatoms. The zero-order chi connectivity index (χ0) is 10.8. The average molecular weight is 212 g/mol. The van der Waals surface area contributed by atoms with E-state index < -0.39 is 0 Å². The zero-order valence-corrected chi connectivity index (χ0v) is 9.53. The molecule has 0 aliphatic carbocycles. The van der Waals surface area contributed by atoms with Crippen LogP contribution in [0.1, 0.15) is 26.7 Å². The topological polar surface area (TPSA) is 41.6 Å². The van der Waals surface area contributed by atoms with Gasteiger partial charge in [0.2, 0.25) is 0 Å². The minimum Gasteiger partial charge on any atom is -0.365 e. The van der Waals surface area contributed by atoms with Gasteiger partial charge in [0, 0.05) is 25.7 Å². The van der Waals surface area contributed by atoms with Crippen molar-refractivity contribution in [3.05, 3.63) is 0 Å². The molecule has 2 heterocycles. The van der Waals surface area contributed by atoms with Gasteiger partial charge in [-0.05, 0) is 26.7 Å². The molecule has 15 heavy (non-hydrogen) atoms. The summed E-state index contributed by atoms with van der Waals surface area (Å²) in [5.41, 5.74) is 0. The minimum atomic E-state index is -0.180. The Balaban J connectivity index is 1.94. The summed E-state index contributed by atoms with van der Waals surface area (Å²) in [6, 6.07) is 0.297. The molecule has 2 fully saturated rings. The van der Waals surface area contributed by atoms with Crippen LogP contribution in [-0.2, 0) is 9.53 Å². The fourth-order valence-corrected chi connectivity index (χ4v) is 2.34. The van der Waals surface area contributed by atoms with E-state index >= 15 is 0 Å². The Hall–Kier alpha value is -0.610. The summed E-state index contributed by atoms with van der Waals surface area (Å²) in [4.78, 5) is 14.1. The Morgan fingerprint density at radius 2 is 2.20 bits per heavy atom. The first-order valence-electron chi connectivity index (χ1n) is 5.85. The molecule has 0 aromatic heterocycles. The third-order valence-electron chi connectivity index (χ3n) is 3.29. The minimum absolute atomic E-state index is 0.180. The number of rotatable bonds is 1. The Morgan fingerprint density at radius 3 is 2.80 bits per heavy atom. The lowest BCUT2D eigenvalue weighted by atomic mass is 10.1. The number of amides is 1. The van der Waals surface area contributed by atoms with Crippen molar-refractivity contribution in [2.24, 2.45) is 0 Å². The van der Waals surface area contributed by atoms with E-state index in [9.17, 15) is 4.79 Å². The molecule has 1 amide bonds. The maximum Gasteiger partial charge on any atom is 0.252 e. The van der Waals surface area contributed by atoms with Crippen molar-refractivity contribution in [1.82, 2.24) is 10.2 Å². The van der Waals surface area contributed by atoms with E-state index in [1.807, 2.05) is 11.8 Å². The first kappa shape index (κ1) is 10.9. The second-order valence-corrected chi connectivity index (χ2v) is 4.60. The van der Waals surface area contributed by atoms with Gasteiger partial charge in [-0.15, -0.1) is 0 Å². The van der Waals surface area contributed by atoms with Crippen LogP contribution < -0.4 is 5.32 Å². The fourth-order valence-electron chi connectivity index (χ4n) is 2.34. The van der Waals surface area contributed by atoms with E-state index in [-0.39, 0.29) is 18.1 Å². The van der Waals surface area contributed by atoms with Crippen LogP contribution in [0.2, 0.25) is 0 Å². The molecular formula is C11H20N2O2. The van der Waals surface area contributed by atoms with Gasteiger partial charge in [0.25, 0.3) is 5.91 Å². The quantitative estimate of drug-likeness (QED) is 0.683. The molecule has 86 valence electrons. The lowest BCUT2D eigenvalue weighted by Gasteiger charge is -2.35. The van der Waals surface area contributed by atoms with Crippen molar-refractivity contribution in [3.8, 4) is 0 Å². The van der Waals surface area contributed by atoms with Crippen LogP contribution >= 0.6 is 0 Å². The fraction of sp³-hybridized carbons (Fsp3) is 0.909. The van der Waals surface area contributed by atoms with Crippen LogP contribution in [0.15, 0.2) is 0 Å². The first-order chi connectivity index (χ1) is 7.18. The maximum absolute atomic E-state index is 12.1. The standard InChI is InChI=1S/C11H20N2O2/c1-8-7-12-5-6-13(8)11(14)10-4-3-9(2)15-10/h8-10,12H,3-7H2,1-2H3. The van der Waals surface area contributed by atoms with Crippen molar-refractivity contribution >= 4 is 5.91 Å². The highest BCUT2D eigenvalue weighted by Crippen LogP contribution is 2.21. The highest BCUT2D eigenvalue weighted by Gasteiger charge is 2.34. The van der Waals surface area contributed by atoms with Crippen molar-refractivity contribution in [1.29, 1.82) is 0 Å². The molecule has 1 N–H and O–H groups in total. The number of ether oxygens (including phenoxy) is 1. The molecule has 0 saturated carbocycles. The summed E-state index contributed by atoms with van der Waals surface area (Å²) in [6.07, 6.45) is 1.96. The molecule has 0 bridgehead atoms. The van der Waals surface area contributed by atoms with Crippen molar-refractivity contribution < 1.29 is 9.53 Å². The predicted octanol–water partition coefficient (Wildman–Crippen LogP) is 0.374. The van der Waals surface area contributed by atoms with E-state index in [1.165, 1.54) is 0 Å². The van der Waals surface area contributed by atoms with Gasteiger partial charge >= 0.3 is 0 Å². The molecule has 2 aliphatic heterocycles. The second kappa shape index (κ2) is 4.49. The van der Waals surface area contributed by atoms with Gasteiger partial charge in [-0.3, -0.25) is 4.79 Å². The molecule has 3 unspecified atom stereocenters. The van der Waals surface area contributed by atoms with Gasteiger partial charge in [0.05, 0.1) is 6.10 Å². The molecule has 0 aromatic carbocycles. The van der Waals surface area contributed by atoms with Crippen molar-refractivity contribution in [2.75, 3.05) is 19.6 Å². The molecule has 4 nitrogen and oxygen atoms in total. The maximum atomic E-state index is 12.1. The van der Waals surface area contributed by atoms with Crippen LogP contribution in [0.4, 0.5) is 0 Å². The summed E-state index contributed by atoms with van der Waals surface area (Å²) in [5.74, 6) is 0.188. The van der Waals surface area contributed by atoms with E-state index in [2.05, 4.69) is 12.2 Å². The first-order valence-corrected chi connectivity index (χ1v) is 5.85. The monoisotopic (exact) mass is 212 g/mol. The van der Waals surface area contributed by atoms with Gasteiger partial charge in [-0.1, -0.05) is 0 Å². The zero-order valence-electron chi connectivity index (χ0n) is 9.53. The number of nitrogens with zero attached hydrogens (tertiary/aromatic N) is 1. The second-order valence-electron chi connectivity index (χ2n) is 4.60. The third-order valence-corrected chi connectivity index (χ3v) is 3.29. The Labute approximate surface area is 91.0 Å². The van der Waals surface area contributed by atoms with Gasteiger partial charge in [-0.25, -0.2) is 0 Å². The van der Waals surface area contributed by atoms with E-state index in [0.29, 0.717) is 6.04 Å². The van der Waals surface area contributed by atoms with Crippen molar-refractivity contribution in [3.63, 3.8) is 0 Å². The van der Waals surface area contributed by atoms with Gasteiger partial charge in [0.1, 0.15) is 6.10 Å². The number of carbonyl (C=O) groups excluding carboxylic acids is 1. The lowest BCUT2D eigenvalue weighted by molar-refractivity contribution is -0.145. The predicted molar refractivity (Wildman–Crippen MR) is 57.6 cm³/mol. The average Bonchev–Trinajstić information content (AvgIpc) is 2.65. The summed E-state index contributed by atoms with van der Waals surface area (Å²) in [6.45, 7) is 6.73. The third kappa shape index (κ3) is 2.32. The number of hydrogen-bond acceptors (Lipinski definition) is 3. The number of piperazine rings is 1. The normalized spacial score (nSPS) is 36.9. The summed E-state index contributed by atoms with van der Waals surface area (Å²) in [5, 5.41) is 3.28.